The fourth-order valence-electron chi connectivity index (χ4n) is 4.66. The lowest BCUT2D eigenvalue weighted by Gasteiger charge is -2.26. The summed E-state index contributed by atoms with van der Waals surface area (Å²) in [4.78, 5) is 15.0. The van der Waals surface area contributed by atoms with Gasteiger partial charge in [0.2, 0.25) is 5.91 Å². The molecule has 6 heteroatoms. The molecule has 0 saturated carbocycles. The van der Waals surface area contributed by atoms with E-state index in [0.29, 0.717) is 13.2 Å². The summed E-state index contributed by atoms with van der Waals surface area (Å²) < 4.78 is 22.8. The van der Waals surface area contributed by atoms with Crippen LogP contribution in [0.15, 0.2) is 36.4 Å². The van der Waals surface area contributed by atoms with Crippen molar-refractivity contribution in [2.45, 2.75) is 38.3 Å². The average molecular weight is 421 g/mol. The molecule has 0 aromatic heterocycles. The van der Waals surface area contributed by atoms with Crippen molar-refractivity contribution in [2.75, 3.05) is 26.9 Å². The lowest BCUT2D eigenvalue weighted by atomic mass is 10.0. The lowest BCUT2D eigenvalue weighted by molar-refractivity contribution is -0.126. The highest BCUT2D eigenvalue weighted by Gasteiger charge is 2.30. The van der Waals surface area contributed by atoms with Crippen molar-refractivity contribution >= 4 is 12.0 Å². The third kappa shape index (κ3) is 3.82. The molecule has 0 aliphatic carbocycles. The smallest absolute Gasteiger partial charge is 0.247 e. The minimum Gasteiger partial charge on any atom is -0.496 e. The van der Waals surface area contributed by atoms with E-state index in [1.165, 1.54) is 0 Å². The highest BCUT2D eigenvalue weighted by Crippen LogP contribution is 2.39. The largest absolute Gasteiger partial charge is 0.496 e. The second kappa shape index (κ2) is 8.17. The first-order valence-electron chi connectivity index (χ1n) is 10.9. The Bertz CT molecular complexity index is 1030. The maximum atomic E-state index is 13.1. The van der Waals surface area contributed by atoms with E-state index in [2.05, 4.69) is 6.92 Å². The number of rotatable bonds is 4. The summed E-state index contributed by atoms with van der Waals surface area (Å²) in [6.45, 7) is 3.92. The molecule has 3 aliphatic heterocycles. The highest BCUT2D eigenvalue weighted by atomic mass is 16.6. The van der Waals surface area contributed by atoms with Crippen LogP contribution < -0.4 is 18.9 Å². The van der Waals surface area contributed by atoms with Gasteiger partial charge < -0.3 is 23.8 Å². The molecule has 3 aliphatic rings. The SMILES string of the molecule is COc1cc2c(cc1/C=C/C(=O)N1CCC[C@H]1c1ccc3c(c1)OCCO3)O[C@H](C)C2. The predicted octanol–water partition coefficient (Wildman–Crippen LogP) is 4.17. The van der Waals surface area contributed by atoms with E-state index in [4.69, 9.17) is 18.9 Å². The maximum absolute atomic E-state index is 13.1. The summed E-state index contributed by atoms with van der Waals surface area (Å²) in [6.07, 6.45) is 6.42. The molecule has 0 unspecified atom stereocenters. The van der Waals surface area contributed by atoms with Gasteiger partial charge in [-0.3, -0.25) is 4.79 Å². The average Bonchev–Trinajstić information content (AvgIpc) is 3.42. The van der Waals surface area contributed by atoms with Crippen molar-refractivity contribution in [3.8, 4) is 23.0 Å². The molecule has 3 heterocycles. The summed E-state index contributed by atoms with van der Waals surface area (Å²) in [7, 11) is 1.65. The molecule has 0 radical (unpaired) electrons. The van der Waals surface area contributed by atoms with E-state index in [1.807, 2.05) is 41.3 Å². The Hall–Kier alpha value is -3.15. The second-order valence-corrected chi connectivity index (χ2v) is 8.26. The summed E-state index contributed by atoms with van der Waals surface area (Å²) in [6, 6.07) is 10.0. The third-order valence-electron chi connectivity index (χ3n) is 6.14. The quantitative estimate of drug-likeness (QED) is 0.694. The Kier molecular flexibility index (Phi) is 5.22. The first kappa shape index (κ1) is 19.8. The molecule has 1 amide bonds. The summed E-state index contributed by atoms with van der Waals surface area (Å²) in [5.74, 6) is 3.15. The van der Waals surface area contributed by atoms with Gasteiger partial charge in [0.25, 0.3) is 0 Å². The van der Waals surface area contributed by atoms with Crippen LogP contribution in [0.5, 0.6) is 23.0 Å². The second-order valence-electron chi connectivity index (χ2n) is 8.26. The molecule has 0 spiro atoms. The Labute approximate surface area is 182 Å². The molecular weight excluding hydrogens is 394 g/mol. The van der Waals surface area contributed by atoms with Gasteiger partial charge in [0.05, 0.1) is 13.2 Å². The number of ether oxygens (including phenoxy) is 4. The number of methoxy groups -OCH3 is 1. The van der Waals surface area contributed by atoms with E-state index < -0.39 is 0 Å². The van der Waals surface area contributed by atoms with Gasteiger partial charge in [-0.1, -0.05) is 6.07 Å². The number of hydrogen-bond donors (Lipinski definition) is 0. The molecule has 2 aromatic rings. The monoisotopic (exact) mass is 421 g/mol. The molecule has 0 bridgehead atoms. The van der Waals surface area contributed by atoms with Gasteiger partial charge in [-0.15, -0.1) is 0 Å². The van der Waals surface area contributed by atoms with Crippen molar-refractivity contribution in [2.24, 2.45) is 0 Å². The van der Waals surface area contributed by atoms with E-state index in [0.717, 1.165) is 65.5 Å². The van der Waals surface area contributed by atoms with Gasteiger partial charge in [0, 0.05) is 30.2 Å². The zero-order valence-electron chi connectivity index (χ0n) is 17.9. The van der Waals surface area contributed by atoms with Gasteiger partial charge in [-0.2, -0.15) is 0 Å². The zero-order valence-corrected chi connectivity index (χ0v) is 17.9. The lowest BCUT2D eigenvalue weighted by Crippen LogP contribution is -2.29. The van der Waals surface area contributed by atoms with Crippen molar-refractivity contribution < 1.29 is 23.7 Å². The minimum absolute atomic E-state index is 0.00535. The predicted molar refractivity (Wildman–Crippen MR) is 117 cm³/mol. The van der Waals surface area contributed by atoms with Crippen LogP contribution in [0.1, 0.15) is 42.5 Å². The Morgan fingerprint density at radius 2 is 1.97 bits per heavy atom. The van der Waals surface area contributed by atoms with Crippen LogP contribution in [-0.4, -0.2) is 43.8 Å². The van der Waals surface area contributed by atoms with Gasteiger partial charge in [-0.25, -0.2) is 0 Å². The third-order valence-corrected chi connectivity index (χ3v) is 6.14. The van der Waals surface area contributed by atoms with Crippen molar-refractivity contribution in [3.63, 3.8) is 0 Å². The molecule has 2 aromatic carbocycles. The zero-order chi connectivity index (χ0) is 21.4. The fourth-order valence-corrected chi connectivity index (χ4v) is 4.66. The number of hydrogen-bond acceptors (Lipinski definition) is 5. The van der Waals surface area contributed by atoms with Crippen LogP contribution in [0.3, 0.4) is 0 Å². The Balaban J connectivity index is 1.35. The van der Waals surface area contributed by atoms with Crippen LogP contribution in [0.4, 0.5) is 0 Å². The van der Waals surface area contributed by atoms with Crippen molar-refractivity contribution in [1.82, 2.24) is 4.90 Å². The molecule has 2 atom stereocenters. The summed E-state index contributed by atoms with van der Waals surface area (Å²) in [5.41, 5.74) is 3.07. The maximum Gasteiger partial charge on any atom is 0.247 e. The van der Waals surface area contributed by atoms with Gasteiger partial charge in [0.15, 0.2) is 11.5 Å². The topological polar surface area (TPSA) is 57.2 Å². The first-order chi connectivity index (χ1) is 15.1. The van der Waals surface area contributed by atoms with Crippen molar-refractivity contribution in [1.29, 1.82) is 0 Å². The standard InChI is InChI=1S/C25H27NO5/c1-16-12-19-15-22(28-2)18(14-23(19)31-16)6-8-25(27)26-9-3-4-20(26)17-5-7-21-24(13-17)30-11-10-29-21/h5-8,13-16,20H,3-4,9-12H2,1-2H3/b8-6+/t16-,20+/m1/s1. The van der Waals surface area contributed by atoms with Crippen LogP contribution >= 0.6 is 0 Å². The van der Waals surface area contributed by atoms with Crippen LogP contribution in [0.2, 0.25) is 0 Å². The van der Waals surface area contributed by atoms with E-state index in [-0.39, 0.29) is 18.1 Å². The Morgan fingerprint density at radius 3 is 2.81 bits per heavy atom. The summed E-state index contributed by atoms with van der Waals surface area (Å²) in [5, 5.41) is 0. The normalized spacial score (nSPS) is 21.8. The number of likely N-dealkylation sites (tertiary alicyclic amines) is 1. The number of carbonyl (C=O) groups is 1. The molecule has 1 fully saturated rings. The van der Waals surface area contributed by atoms with Crippen LogP contribution in [0.25, 0.3) is 6.08 Å². The molecule has 31 heavy (non-hydrogen) atoms. The number of fused-ring (bicyclic) bond motifs is 2. The Morgan fingerprint density at radius 1 is 1.13 bits per heavy atom. The number of benzene rings is 2. The van der Waals surface area contributed by atoms with E-state index in [1.54, 1.807) is 13.2 Å². The number of nitrogens with zero attached hydrogens (tertiary/aromatic N) is 1. The minimum atomic E-state index is -0.00535. The van der Waals surface area contributed by atoms with Gasteiger partial charge in [-0.05, 0) is 55.7 Å². The summed E-state index contributed by atoms with van der Waals surface area (Å²) >= 11 is 0. The number of amides is 1. The fraction of sp³-hybridized carbons (Fsp3) is 0.400. The molecule has 162 valence electrons. The molecule has 5 rings (SSSR count). The number of carbonyl (C=O) groups excluding carboxylic acids is 1. The van der Waals surface area contributed by atoms with Crippen LogP contribution in [-0.2, 0) is 11.2 Å². The van der Waals surface area contributed by atoms with E-state index in [9.17, 15) is 4.79 Å². The highest BCUT2D eigenvalue weighted by molar-refractivity contribution is 5.92. The molecule has 0 N–H and O–H groups in total. The van der Waals surface area contributed by atoms with Gasteiger partial charge >= 0.3 is 0 Å². The molecule has 1 saturated heterocycles. The van der Waals surface area contributed by atoms with Crippen LogP contribution in [0, 0.1) is 0 Å². The molecule has 6 nitrogen and oxygen atoms in total. The molecular formula is C25H27NO5. The van der Waals surface area contributed by atoms with Crippen molar-refractivity contribution in [3.05, 3.63) is 53.1 Å². The van der Waals surface area contributed by atoms with E-state index >= 15 is 0 Å². The first-order valence-corrected chi connectivity index (χ1v) is 10.9. The van der Waals surface area contributed by atoms with Gasteiger partial charge in [0.1, 0.15) is 30.8 Å².